The molecule has 0 aliphatic rings. The molecule has 21 heavy (non-hydrogen) atoms. The molecule has 0 aliphatic heterocycles. The Kier molecular flexibility index (Phi) is 4.27. The minimum absolute atomic E-state index is 0.175. The first kappa shape index (κ1) is 15.0. The third kappa shape index (κ3) is 3.60. The van der Waals surface area contributed by atoms with E-state index in [9.17, 15) is 18.5 Å². The van der Waals surface area contributed by atoms with E-state index in [0.29, 0.717) is 13.0 Å². The van der Waals surface area contributed by atoms with Crippen molar-refractivity contribution in [1.29, 1.82) is 0 Å². The van der Waals surface area contributed by atoms with E-state index in [2.05, 4.69) is 5.32 Å². The van der Waals surface area contributed by atoms with Gasteiger partial charge in [-0.2, -0.15) is 0 Å². The average Bonchev–Trinajstić information content (AvgIpc) is 2.90. The lowest BCUT2D eigenvalue weighted by Gasteiger charge is -2.08. The molecule has 0 bridgehead atoms. The van der Waals surface area contributed by atoms with E-state index in [1.54, 1.807) is 18.4 Å². The molecule has 0 aliphatic carbocycles. The molecule has 1 aromatic heterocycles. The minimum atomic E-state index is -3.67. The normalized spacial score (nSPS) is 11.3. The van der Waals surface area contributed by atoms with Crippen LogP contribution < -0.4 is 5.32 Å². The van der Waals surface area contributed by atoms with Gasteiger partial charge >= 0.3 is 5.69 Å². The van der Waals surface area contributed by atoms with Crippen molar-refractivity contribution < 1.29 is 17.8 Å². The summed E-state index contributed by atoms with van der Waals surface area (Å²) in [7, 11) is -3.67. The Bertz CT molecular complexity index is 738. The number of furan rings is 1. The predicted molar refractivity (Wildman–Crippen MR) is 77.1 cm³/mol. The molecule has 7 nitrogen and oxygen atoms in total. The maximum atomic E-state index is 11.6. The van der Waals surface area contributed by atoms with Crippen LogP contribution in [-0.4, -0.2) is 26.1 Å². The molecule has 0 atom stereocenters. The van der Waals surface area contributed by atoms with Crippen LogP contribution >= 0.6 is 0 Å². The summed E-state index contributed by atoms with van der Waals surface area (Å²) >= 11 is 0. The summed E-state index contributed by atoms with van der Waals surface area (Å²) in [6, 6.07) is 7.73. The van der Waals surface area contributed by atoms with E-state index in [4.69, 9.17) is 4.42 Å². The fourth-order valence-electron chi connectivity index (χ4n) is 1.93. The fourth-order valence-corrected chi connectivity index (χ4v) is 2.79. The molecule has 0 fully saturated rings. The Labute approximate surface area is 121 Å². The number of nitro groups is 1. The summed E-state index contributed by atoms with van der Waals surface area (Å²) < 4.78 is 28.4. The first-order chi connectivity index (χ1) is 9.89. The molecule has 8 heteroatoms. The van der Waals surface area contributed by atoms with Crippen molar-refractivity contribution in [3.8, 4) is 0 Å². The zero-order valence-electron chi connectivity index (χ0n) is 11.3. The summed E-state index contributed by atoms with van der Waals surface area (Å²) in [6.45, 7) is 0.390. The highest BCUT2D eigenvalue weighted by Gasteiger charge is 2.25. The van der Waals surface area contributed by atoms with Gasteiger partial charge in [0.2, 0.25) is 0 Å². The molecule has 0 amide bonds. The Morgan fingerprint density at radius 3 is 2.62 bits per heavy atom. The lowest BCUT2D eigenvalue weighted by atomic mass is 10.2. The molecule has 112 valence electrons. The van der Waals surface area contributed by atoms with Crippen molar-refractivity contribution in [2.75, 3.05) is 18.1 Å². The average molecular weight is 310 g/mol. The number of hydrogen-bond acceptors (Lipinski definition) is 6. The van der Waals surface area contributed by atoms with Crippen LogP contribution in [0.25, 0.3) is 0 Å². The van der Waals surface area contributed by atoms with E-state index in [-0.39, 0.29) is 10.6 Å². The number of rotatable bonds is 6. The SMILES string of the molecule is CS(=O)(=O)c1cccc(NCCc2ccco2)c1[N+](=O)[O-]. The molecule has 0 saturated carbocycles. The van der Waals surface area contributed by atoms with Crippen LogP contribution in [0.1, 0.15) is 5.76 Å². The number of nitrogens with zero attached hydrogens (tertiary/aromatic N) is 1. The van der Waals surface area contributed by atoms with Crippen molar-refractivity contribution in [2.24, 2.45) is 0 Å². The summed E-state index contributed by atoms with van der Waals surface area (Å²) in [6.07, 6.45) is 3.03. The molecule has 0 radical (unpaired) electrons. The predicted octanol–water partition coefficient (Wildman–Crippen LogP) is 2.25. The molecule has 1 heterocycles. The molecular weight excluding hydrogens is 296 g/mol. The summed E-state index contributed by atoms with van der Waals surface area (Å²) in [5.74, 6) is 0.740. The lowest BCUT2D eigenvalue weighted by Crippen LogP contribution is -2.09. The lowest BCUT2D eigenvalue weighted by molar-refractivity contribution is -0.386. The zero-order chi connectivity index (χ0) is 15.5. The van der Waals surface area contributed by atoms with E-state index < -0.39 is 20.4 Å². The number of benzene rings is 1. The topological polar surface area (TPSA) is 102 Å². The van der Waals surface area contributed by atoms with Gasteiger partial charge in [-0.3, -0.25) is 10.1 Å². The second-order valence-electron chi connectivity index (χ2n) is 4.44. The standard InChI is InChI=1S/C13H14N2O5S/c1-21(18,19)12-6-2-5-11(13(12)15(16)17)14-8-7-10-4-3-9-20-10/h2-6,9,14H,7-8H2,1H3. The highest BCUT2D eigenvalue weighted by Crippen LogP contribution is 2.31. The molecular formula is C13H14N2O5S. The third-order valence-corrected chi connectivity index (χ3v) is 3.98. The molecule has 1 N–H and O–H groups in total. The Morgan fingerprint density at radius 2 is 2.05 bits per heavy atom. The number of sulfone groups is 1. The van der Waals surface area contributed by atoms with E-state index >= 15 is 0 Å². The second kappa shape index (κ2) is 5.96. The van der Waals surface area contributed by atoms with Crippen molar-refractivity contribution in [2.45, 2.75) is 11.3 Å². The Morgan fingerprint density at radius 1 is 1.29 bits per heavy atom. The van der Waals surface area contributed by atoms with Crippen LogP contribution in [0, 0.1) is 10.1 Å². The second-order valence-corrected chi connectivity index (χ2v) is 6.42. The van der Waals surface area contributed by atoms with E-state index in [1.165, 1.54) is 18.2 Å². The Hall–Kier alpha value is -2.35. The largest absolute Gasteiger partial charge is 0.469 e. The minimum Gasteiger partial charge on any atom is -0.469 e. The van der Waals surface area contributed by atoms with Gasteiger partial charge in [-0.25, -0.2) is 8.42 Å². The van der Waals surface area contributed by atoms with Gasteiger partial charge in [0.1, 0.15) is 16.3 Å². The van der Waals surface area contributed by atoms with Crippen molar-refractivity contribution in [3.05, 3.63) is 52.5 Å². The number of nitrogens with one attached hydrogen (secondary N) is 1. The number of nitro benzene ring substituents is 1. The first-order valence-corrected chi connectivity index (χ1v) is 8.02. The van der Waals surface area contributed by atoms with E-state index in [0.717, 1.165) is 12.0 Å². The highest BCUT2D eigenvalue weighted by molar-refractivity contribution is 7.90. The zero-order valence-corrected chi connectivity index (χ0v) is 12.1. The summed E-state index contributed by atoms with van der Waals surface area (Å²) in [5, 5.41) is 14.0. The van der Waals surface area contributed by atoms with Gasteiger partial charge in [-0.15, -0.1) is 0 Å². The third-order valence-electron chi connectivity index (χ3n) is 2.85. The first-order valence-electron chi connectivity index (χ1n) is 6.13. The van der Waals surface area contributed by atoms with Crippen LogP contribution in [0.4, 0.5) is 11.4 Å². The smallest absolute Gasteiger partial charge is 0.310 e. The van der Waals surface area contributed by atoms with Gasteiger partial charge < -0.3 is 9.73 Å². The van der Waals surface area contributed by atoms with Gasteiger partial charge in [-0.1, -0.05) is 6.07 Å². The van der Waals surface area contributed by atoms with Gasteiger partial charge in [0, 0.05) is 19.2 Å². The van der Waals surface area contributed by atoms with Crippen LogP contribution in [0.2, 0.25) is 0 Å². The number of hydrogen-bond donors (Lipinski definition) is 1. The number of para-hydroxylation sites is 1. The van der Waals surface area contributed by atoms with Gasteiger partial charge in [-0.05, 0) is 24.3 Å². The maximum Gasteiger partial charge on any atom is 0.310 e. The van der Waals surface area contributed by atoms with Crippen LogP contribution in [0.5, 0.6) is 0 Å². The van der Waals surface area contributed by atoms with Crippen molar-refractivity contribution in [3.63, 3.8) is 0 Å². The molecule has 2 aromatic rings. The van der Waals surface area contributed by atoms with Gasteiger partial charge in [0.05, 0.1) is 11.2 Å². The van der Waals surface area contributed by atoms with Gasteiger partial charge in [0.15, 0.2) is 9.84 Å². The molecule has 1 aromatic carbocycles. The summed E-state index contributed by atoms with van der Waals surface area (Å²) in [4.78, 5) is 10.2. The molecule has 0 unspecified atom stereocenters. The van der Waals surface area contributed by atoms with Gasteiger partial charge in [0.25, 0.3) is 0 Å². The Balaban J connectivity index is 2.24. The molecule has 0 saturated heterocycles. The number of anilines is 1. The quantitative estimate of drug-likeness (QED) is 0.648. The van der Waals surface area contributed by atoms with Crippen LogP contribution in [0.3, 0.4) is 0 Å². The highest BCUT2D eigenvalue weighted by atomic mass is 32.2. The van der Waals surface area contributed by atoms with Crippen LogP contribution in [-0.2, 0) is 16.3 Å². The maximum absolute atomic E-state index is 11.6. The van der Waals surface area contributed by atoms with Crippen molar-refractivity contribution in [1.82, 2.24) is 0 Å². The van der Waals surface area contributed by atoms with Crippen LogP contribution in [0.15, 0.2) is 45.9 Å². The van der Waals surface area contributed by atoms with E-state index in [1.807, 2.05) is 0 Å². The summed E-state index contributed by atoms with van der Waals surface area (Å²) in [5.41, 5.74) is -0.256. The fraction of sp³-hybridized carbons (Fsp3) is 0.231. The molecule has 0 spiro atoms. The van der Waals surface area contributed by atoms with Crippen molar-refractivity contribution >= 4 is 21.2 Å². The monoisotopic (exact) mass is 310 g/mol. The molecule has 2 rings (SSSR count).